The molecule has 0 bridgehead atoms. The summed E-state index contributed by atoms with van der Waals surface area (Å²) in [4.78, 5) is 12.7. The Morgan fingerprint density at radius 3 is 2.28 bits per heavy atom. The summed E-state index contributed by atoms with van der Waals surface area (Å²) in [6.07, 6.45) is 20.7. The van der Waals surface area contributed by atoms with E-state index in [1.807, 2.05) is 36.5 Å². The van der Waals surface area contributed by atoms with Gasteiger partial charge in [0.2, 0.25) is 0 Å². The Bertz CT molecular complexity index is 1000. The van der Waals surface area contributed by atoms with Gasteiger partial charge in [-0.25, -0.2) is 0 Å². The van der Waals surface area contributed by atoms with E-state index in [1.165, 1.54) is 0 Å². The average molecular weight is 384 g/mol. The number of hydrogen-bond donors (Lipinski definition) is 0. The minimum absolute atomic E-state index is 0.130. The third kappa shape index (κ3) is 4.93. The third-order valence-corrected chi connectivity index (χ3v) is 5.00. The van der Waals surface area contributed by atoms with E-state index >= 15 is 0 Å². The average Bonchev–Trinajstić information content (AvgIpc) is 2.74. The molecular weight excluding hydrogens is 364 g/mol. The second kappa shape index (κ2) is 9.42. The van der Waals surface area contributed by atoms with Crippen molar-refractivity contribution in [3.8, 4) is 0 Å². The van der Waals surface area contributed by atoms with E-state index in [9.17, 15) is 4.79 Å². The lowest BCUT2D eigenvalue weighted by Crippen LogP contribution is -2.18. The molecule has 0 spiro atoms. The van der Waals surface area contributed by atoms with Crippen molar-refractivity contribution < 1.29 is 4.79 Å². The van der Waals surface area contributed by atoms with Crippen molar-refractivity contribution in [2.45, 2.75) is 26.2 Å². The molecule has 29 heavy (non-hydrogen) atoms. The molecule has 1 atom stereocenters. The van der Waals surface area contributed by atoms with Crippen LogP contribution in [0, 0.1) is 11.3 Å². The number of nitrogens with zero attached hydrogens (tertiary/aromatic N) is 6. The van der Waals surface area contributed by atoms with Crippen LogP contribution in [0.4, 0.5) is 0 Å². The largest absolute Gasteiger partial charge is 0.362 e. The molecule has 0 aromatic heterocycles. The molecule has 0 radical (unpaired) electrons. The number of hydrogen-bond acceptors (Lipinski definition) is 4. The molecule has 0 fully saturated rings. The van der Waals surface area contributed by atoms with Gasteiger partial charge in [-0.2, -0.15) is 0 Å². The van der Waals surface area contributed by atoms with Gasteiger partial charge in [0.15, 0.2) is 16.6 Å². The number of diazo groups is 1. The lowest BCUT2D eigenvalue weighted by molar-refractivity contribution is -0.116. The standard InChI is InChI=1S/C22H20N6O/c1-2-17-7-12-22(29)21(14-16-5-10-19(11-6-16)26-28-24)20(17)13-15-3-8-18(9-4-15)25-27-23/h3-6,8-11,13-14,17H,2,7,12H2,1H3. The predicted molar refractivity (Wildman–Crippen MR) is 114 cm³/mol. The predicted octanol–water partition coefficient (Wildman–Crippen LogP) is 5.36. The summed E-state index contributed by atoms with van der Waals surface area (Å²) in [6, 6.07) is 0. The molecule has 0 aromatic rings. The molecule has 0 amide bonds. The summed E-state index contributed by atoms with van der Waals surface area (Å²) in [5, 5.41) is 21.3. The maximum Gasteiger partial charge on any atom is 0.339 e. The van der Waals surface area contributed by atoms with Crippen molar-refractivity contribution in [1.82, 2.24) is 0 Å². The molecular formula is C22H20N6O. The van der Waals surface area contributed by atoms with Crippen molar-refractivity contribution in [3.63, 3.8) is 0 Å². The zero-order chi connectivity index (χ0) is 20.6. The van der Waals surface area contributed by atoms with Crippen molar-refractivity contribution in [2.75, 3.05) is 0 Å². The first-order chi connectivity index (χ1) is 14.1. The van der Waals surface area contributed by atoms with Gasteiger partial charge in [0.1, 0.15) is 0 Å². The number of Topliss-reactive ketones (excluding diaryl/α,β-unsaturated/α-hetero) is 1. The van der Waals surface area contributed by atoms with Gasteiger partial charge >= 0.3 is 5.08 Å². The number of carbonyl (C=O) groups is 1. The van der Waals surface area contributed by atoms with E-state index in [0.717, 1.165) is 35.1 Å². The summed E-state index contributed by atoms with van der Waals surface area (Å²) in [6.45, 7) is 2.13. The van der Waals surface area contributed by atoms with Crippen molar-refractivity contribution in [3.05, 3.63) is 93.7 Å². The van der Waals surface area contributed by atoms with Crippen LogP contribution in [0.2, 0.25) is 0 Å². The number of allylic oxidation sites excluding steroid dienone is 14. The minimum Gasteiger partial charge on any atom is -0.362 e. The van der Waals surface area contributed by atoms with Crippen LogP contribution in [0.3, 0.4) is 0 Å². The van der Waals surface area contributed by atoms with Crippen LogP contribution in [0.1, 0.15) is 26.2 Å². The number of carbonyl (C=O) groups excluding carboxylic acids is 1. The van der Waals surface area contributed by atoms with Crippen LogP contribution in [0.5, 0.6) is 0 Å². The Kier molecular flexibility index (Phi) is 6.48. The van der Waals surface area contributed by atoms with Crippen LogP contribution in [0.15, 0.2) is 98.5 Å². The molecule has 1 unspecified atom stereocenters. The van der Waals surface area contributed by atoms with E-state index in [2.05, 4.69) is 27.4 Å². The van der Waals surface area contributed by atoms with E-state index in [1.54, 1.807) is 24.3 Å². The Labute approximate surface area is 169 Å². The monoisotopic (exact) mass is 384 g/mol. The minimum atomic E-state index is 0.130. The fourth-order valence-corrected chi connectivity index (χ4v) is 3.48. The Morgan fingerprint density at radius 2 is 1.69 bits per heavy atom. The summed E-state index contributed by atoms with van der Waals surface area (Å²) >= 11 is 0. The lowest BCUT2D eigenvalue weighted by atomic mass is 9.79. The van der Waals surface area contributed by atoms with Crippen LogP contribution in [-0.4, -0.2) is 17.2 Å². The first kappa shape index (κ1) is 20.0. The Hall–Kier alpha value is -3.79. The highest BCUT2D eigenvalue weighted by atomic mass is 16.1. The van der Waals surface area contributed by atoms with Gasteiger partial charge in [0.25, 0.3) is 5.39 Å². The first-order valence-electron chi connectivity index (χ1n) is 9.41. The smallest absolute Gasteiger partial charge is 0.339 e. The molecule has 0 heterocycles. The third-order valence-electron chi connectivity index (χ3n) is 5.00. The highest BCUT2D eigenvalue weighted by Crippen LogP contribution is 2.34. The molecule has 0 aliphatic heterocycles. The lowest BCUT2D eigenvalue weighted by Gasteiger charge is -2.25. The first-order valence-corrected chi connectivity index (χ1v) is 9.41. The van der Waals surface area contributed by atoms with Gasteiger partial charge in [0, 0.05) is 12.0 Å². The summed E-state index contributed by atoms with van der Waals surface area (Å²) in [5.41, 5.74) is 13.2. The van der Waals surface area contributed by atoms with Crippen LogP contribution in [0.25, 0.3) is 10.6 Å². The molecule has 7 heteroatoms. The number of ketones is 1. The molecule has 0 saturated carbocycles. The SMILES string of the molecule is CCC1CCC(=O)C(C=C2C=CC(=NN=[N-])C=C2)=C1C=C1C=CC(=N[N+]#N)C=C1. The molecule has 144 valence electrons. The molecule has 3 rings (SSSR count). The van der Waals surface area contributed by atoms with Gasteiger partial charge in [0.05, 0.1) is 0 Å². The van der Waals surface area contributed by atoms with Crippen LogP contribution < -0.4 is 0 Å². The zero-order valence-corrected chi connectivity index (χ0v) is 16.1. The van der Waals surface area contributed by atoms with Gasteiger partial charge in [-0.3, -0.25) is 10.0 Å². The van der Waals surface area contributed by atoms with Gasteiger partial charge in [-0.1, -0.05) is 49.5 Å². The summed E-state index contributed by atoms with van der Waals surface area (Å²) in [5.74, 6) is 0.434. The molecule has 3 aliphatic rings. The van der Waals surface area contributed by atoms with E-state index in [-0.39, 0.29) is 5.78 Å². The second-order valence-corrected chi connectivity index (χ2v) is 6.79. The fourth-order valence-electron chi connectivity index (χ4n) is 3.48. The van der Waals surface area contributed by atoms with E-state index in [0.29, 0.717) is 23.8 Å². The summed E-state index contributed by atoms with van der Waals surface area (Å²) in [7, 11) is 0. The zero-order valence-electron chi connectivity index (χ0n) is 16.1. The van der Waals surface area contributed by atoms with Crippen LogP contribution >= 0.6 is 0 Å². The fraction of sp³-hybridized carbons (Fsp3) is 0.227. The molecule has 7 nitrogen and oxygen atoms in total. The molecule has 0 N–H and O–H groups in total. The van der Waals surface area contributed by atoms with E-state index < -0.39 is 0 Å². The van der Waals surface area contributed by atoms with Crippen LogP contribution in [-0.2, 0) is 4.79 Å². The number of rotatable bonds is 4. The van der Waals surface area contributed by atoms with Gasteiger partial charge < -0.3 is 10.6 Å². The van der Waals surface area contributed by atoms with E-state index in [4.69, 9.17) is 10.9 Å². The Balaban J connectivity index is 2.01. The van der Waals surface area contributed by atoms with Crippen molar-refractivity contribution in [2.24, 2.45) is 21.3 Å². The summed E-state index contributed by atoms with van der Waals surface area (Å²) < 4.78 is 0. The second-order valence-electron chi connectivity index (χ2n) is 6.79. The topological polar surface area (TPSA) is 105 Å². The normalized spacial score (nSPS) is 20.7. The van der Waals surface area contributed by atoms with Crippen molar-refractivity contribution >= 4 is 17.2 Å². The van der Waals surface area contributed by atoms with Gasteiger partial charge in [-0.15, -0.1) is 0 Å². The maximum atomic E-state index is 12.7. The molecule has 3 aliphatic carbocycles. The maximum absolute atomic E-state index is 12.7. The quantitative estimate of drug-likeness (QED) is 0.369. The van der Waals surface area contributed by atoms with Gasteiger partial charge in [-0.05, 0) is 59.4 Å². The highest BCUT2D eigenvalue weighted by molar-refractivity contribution is 6.07. The van der Waals surface area contributed by atoms with Crippen molar-refractivity contribution in [1.29, 1.82) is 5.39 Å². The highest BCUT2D eigenvalue weighted by Gasteiger charge is 2.25. The molecule has 0 aromatic carbocycles. The molecule has 0 saturated heterocycles. The Morgan fingerprint density at radius 1 is 1.07 bits per heavy atom.